The molecule has 0 aromatic carbocycles. The van der Waals surface area contributed by atoms with Gasteiger partial charge in [0.05, 0.1) is 6.61 Å². The summed E-state index contributed by atoms with van der Waals surface area (Å²) in [6, 6.07) is 2.15. The number of hydrogen-bond donors (Lipinski definition) is 2. The van der Waals surface area contributed by atoms with Gasteiger partial charge in [0.15, 0.2) is 0 Å². The fourth-order valence-corrected chi connectivity index (χ4v) is 1.52. The third kappa shape index (κ3) is 3.66. The molecule has 2 rings (SSSR count). The molecule has 1 aliphatic rings. The van der Waals surface area contributed by atoms with Crippen molar-refractivity contribution < 1.29 is 9.53 Å². The molecule has 1 heterocycles. The molecule has 1 saturated carbocycles. The van der Waals surface area contributed by atoms with E-state index < -0.39 is 0 Å². The fraction of sp³-hybridized carbons (Fsp3) is 0.583. The van der Waals surface area contributed by atoms with Crippen molar-refractivity contribution in [2.24, 2.45) is 0 Å². The molecule has 6 heteroatoms. The summed E-state index contributed by atoms with van der Waals surface area (Å²) in [4.78, 5) is 20.3. The maximum atomic E-state index is 11.8. The van der Waals surface area contributed by atoms with Crippen molar-refractivity contribution in [3.8, 4) is 0 Å². The van der Waals surface area contributed by atoms with Gasteiger partial charge in [-0.3, -0.25) is 4.79 Å². The van der Waals surface area contributed by atoms with Gasteiger partial charge < -0.3 is 15.4 Å². The van der Waals surface area contributed by atoms with Crippen LogP contribution < -0.4 is 10.6 Å². The molecule has 6 nitrogen and oxygen atoms in total. The summed E-state index contributed by atoms with van der Waals surface area (Å²) >= 11 is 0. The van der Waals surface area contributed by atoms with Crippen molar-refractivity contribution in [1.29, 1.82) is 0 Å². The van der Waals surface area contributed by atoms with Gasteiger partial charge in [0.1, 0.15) is 5.69 Å². The van der Waals surface area contributed by atoms with Crippen LogP contribution in [0, 0.1) is 6.92 Å². The van der Waals surface area contributed by atoms with E-state index in [1.165, 1.54) is 0 Å². The van der Waals surface area contributed by atoms with Crippen LogP contribution in [0.2, 0.25) is 0 Å². The Labute approximate surface area is 106 Å². The first-order valence-corrected chi connectivity index (χ1v) is 6.08. The highest BCUT2D eigenvalue weighted by atomic mass is 16.5. The largest absolute Gasteiger partial charge is 0.383 e. The van der Waals surface area contributed by atoms with Crippen molar-refractivity contribution in [1.82, 2.24) is 15.3 Å². The summed E-state index contributed by atoms with van der Waals surface area (Å²) in [5.41, 5.74) is 1.17. The van der Waals surface area contributed by atoms with Crippen LogP contribution in [0.5, 0.6) is 0 Å². The summed E-state index contributed by atoms with van der Waals surface area (Å²) in [6.07, 6.45) is 2.29. The van der Waals surface area contributed by atoms with Crippen LogP contribution in [0.15, 0.2) is 6.07 Å². The first-order valence-electron chi connectivity index (χ1n) is 6.08. The summed E-state index contributed by atoms with van der Waals surface area (Å²) in [5, 5.41) is 5.93. The number of anilines is 1. The van der Waals surface area contributed by atoms with E-state index in [0.29, 0.717) is 30.8 Å². The van der Waals surface area contributed by atoms with E-state index >= 15 is 0 Å². The number of ether oxygens (including phenoxy) is 1. The number of nitrogens with one attached hydrogen (secondary N) is 2. The summed E-state index contributed by atoms with van der Waals surface area (Å²) < 4.78 is 4.88. The third-order valence-electron chi connectivity index (χ3n) is 2.59. The van der Waals surface area contributed by atoms with Gasteiger partial charge in [0.2, 0.25) is 5.95 Å². The maximum absolute atomic E-state index is 11.8. The molecule has 98 valence electrons. The first-order chi connectivity index (χ1) is 8.69. The quantitative estimate of drug-likeness (QED) is 0.728. The van der Waals surface area contributed by atoms with Crippen LogP contribution in [-0.2, 0) is 4.74 Å². The predicted molar refractivity (Wildman–Crippen MR) is 67.6 cm³/mol. The number of nitrogens with zero attached hydrogens (tertiary/aromatic N) is 2. The lowest BCUT2D eigenvalue weighted by atomic mass is 10.3. The Morgan fingerprint density at radius 2 is 2.28 bits per heavy atom. The number of methoxy groups -OCH3 is 1. The SMILES string of the molecule is COCCNC(=O)c1cc(C)nc(NC2CC2)n1. The van der Waals surface area contributed by atoms with Crippen molar-refractivity contribution >= 4 is 11.9 Å². The minimum absolute atomic E-state index is 0.198. The fourth-order valence-electron chi connectivity index (χ4n) is 1.52. The average molecular weight is 250 g/mol. The van der Waals surface area contributed by atoms with Crippen LogP contribution >= 0.6 is 0 Å². The number of hydrogen-bond acceptors (Lipinski definition) is 5. The van der Waals surface area contributed by atoms with E-state index in [1.807, 2.05) is 6.92 Å². The van der Waals surface area contributed by atoms with Gasteiger partial charge >= 0.3 is 0 Å². The van der Waals surface area contributed by atoms with E-state index in [4.69, 9.17) is 4.74 Å². The lowest BCUT2D eigenvalue weighted by Gasteiger charge is -2.07. The van der Waals surface area contributed by atoms with Gasteiger partial charge in [-0.1, -0.05) is 0 Å². The molecule has 1 aromatic heterocycles. The Morgan fingerprint density at radius 3 is 2.94 bits per heavy atom. The van der Waals surface area contributed by atoms with E-state index in [1.54, 1.807) is 13.2 Å². The molecule has 2 N–H and O–H groups in total. The lowest BCUT2D eigenvalue weighted by molar-refractivity contribution is 0.0932. The topological polar surface area (TPSA) is 76.1 Å². The Morgan fingerprint density at radius 1 is 1.50 bits per heavy atom. The second-order valence-corrected chi connectivity index (χ2v) is 4.39. The number of carbonyl (C=O) groups is 1. The maximum Gasteiger partial charge on any atom is 0.270 e. The average Bonchev–Trinajstić information content (AvgIpc) is 3.12. The van der Waals surface area contributed by atoms with Crippen LogP contribution in [0.4, 0.5) is 5.95 Å². The third-order valence-corrected chi connectivity index (χ3v) is 2.59. The van der Waals surface area contributed by atoms with Crippen LogP contribution in [0.3, 0.4) is 0 Å². The molecule has 1 aromatic rings. The summed E-state index contributed by atoms with van der Waals surface area (Å²) in [5.74, 6) is 0.339. The Kier molecular flexibility index (Phi) is 4.09. The van der Waals surface area contributed by atoms with Crippen LogP contribution in [0.1, 0.15) is 29.0 Å². The molecule has 1 aliphatic carbocycles. The van der Waals surface area contributed by atoms with Crippen LogP contribution in [-0.4, -0.2) is 42.2 Å². The molecule has 1 fully saturated rings. The second kappa shape index (κ2) is 5.77. The molecule has 0 bridgehead atoms. The molecule has 0 atom stereocenters. The van der Waals surface area contributed by atoms with Gasteiger partial charge in [-0.05, 0) is 25.8 Å². The monoisotopic (exact) mass is 250 g/mol. The molecule has 0 radical (unpaired) electrons. The van der Waals surface area contributed by atoms with E-state index in [9.17, 15) is 4.79 Å². The normalized spacial score (nSPS) is 14.3. The van der Waals surface area contributed by atoms with E-state index in [2.05, 4.69) is 20.6 Å². The highest BCUT2D eigenvalue weighted by molar-refractivity contribution is 5.92. The standard InChI is InChI=1S/C12H18N4O2/c1-8-7-10(11(17)13-5-6-18-2)16-12(14-8)15-9-3-4-9/h7,9H,3-6H2,1-2H3,(H,13,17)(H,14,15,16). The number of aromatic nitrogens is 2. The number of amides is 1. The van der Waals surface area contributed by atoms with Gasteiger partial charge in [-0.25, -0.2) is 9.97 Å². The number of rotatable bonds is 6. The Bertz CT molecular complexity index is 432. The summed E-state index contributed by atoms with van der Waals surface area (Å²) in [6.45, 7) is 2.82. The molecule has 1 amide bonds. The van der Waals surface area contributed by atoms with Gasteiger partial charge in [-0.2, -0.15) is 0 Å². The van der Waals surface area contributed by atoms with Gasteiger partial charge in [0.25, 0.3) is 5.91 Å². The highest BCUT2D eigenvalue weighted by Gasteiger charge is 2.22. The van der Waals surface area contributed by atoms with Crippen molar-refractivity contribution in [2.45, 2.75) is 25.8 Å². The lowest BCUT2D eigenvalue weighted by Crippen LogP contribution is -2.28. The zero-order valence-electron chi connectivity index (χ0n) is 10.7. The number of carbonyl (C=O) groups excluding carboxylic acids is 1. The minimum Gasteiger partial charge on any atom is -0.383 e. The zero-order valence-corrected chi connectivity index (χ0v) is 10.7. The van der Waals surface area contributed by atoms with Crippen molar-refractivity contribution in [3.63, 3.8) is 0 Å². The molecule has 0 aliphatic heterocycles. The van der Waals surface area contributed by atoms with E-state index in [-0.39, 0.29) is 5.91 Å². The number of aryl methyl sites for hydroxylation is 1. The van der Waals surface area contributed by atoms with Crippen LogP contribution in [0.25, 0.3) is 0 Å². The summed E-state index contributed by atoms with van der Waals surface area (Å²) in [7, 11) is 1.60. The van der Waals surface area contributed by atoms with Gasteiger partial charge in [0, 0.05) is 25.4 Å². The first kappa shape index (κ1) is 12.8. The molecular formula is C12H18N4O2. The molecule has 0 unspecified atom stereocenters. The smallest absolute Gasteiger partial charge is 0.270 e. The molecule has 0 spiro atoms. The Hall–Kier alpha value is -1.69. The highest BCUT2D eigenvalue weighted by Crippen LogP contribution is 2.23. The molecular weight excluding hydrogens is 232 g/mol. The zero-order chi connectivity index (χ0) is 13.0. The van der Waals surface area contributed by atoms with Gasteiger partial charge in [-0.15, -0.1) is 0 Å². The van der Waals surface area contributed by atoms with E-state index in [0.717, 1.165) is 18.5 Å². The van der Waals surface area contributed by atoms with Crippen molar-refractivity contribution in [3.05, 3.63) is 17.5 Å². The van der Waals surface area contributed by atoms with Crippen molar-refractivity contribution in [2.75, 3.05) is 25.6 Å². The second-order valence-electron chi connectivity index (χ2n) is 4.39. The minimum atomic E-state index is -0.198. The molecule has 0 saturated heterocycles. The Balaban J connectivity index is 2.01. The molecule has 18 heavy (non-hydrogen) atoms. The predicted octanol–water partition coefficient (Wildman–Crippen LogP) is 0.736.